The summed E-state index contributed by atoms with van der Waals surface area (Å²) in [4.78, 5) is 19.8. The highest BCUT2D eigenvalue weighted by Gasteiger charge is 2.38. The van der Waals surface area contributed by atoms with Crippen molar-refractivity contribution < 1.29 is 17.9 Å². The normalized spacial score (nSPS) is 15.0. The molecule has 8 nitrogen and oxygen atoms in total. The SMILES string of the molecule is C[N+](C)(C)C(c1ccccc1)c1c2nc(c(C(c3ccccc3)[N+](C)(C)C)c3ccc([nH]3)c(C(c3ccccc3)[N+](C)(C)C)c3nc(c(C(c4ccccc4)[N+](C)(C)C)c4ccc1[nH]4)C=C3)C=C2. The molecule has 2 aliphatic rings. The summed E-state index contributed by atoms with van der Waals surface area (Å²) < 4.78 is 2.62. The van der Waals surface area contributed by atoms with Gasteiger partial charge in [0.15, 0.2) is 0 Å². The van der Waals surface area contributed by atoms with Crippen molar-refractivity contribution in [2.45, 2.75) is 24.2 Å². The fourth-order valence-electron chi connectivity index (χ4n) is 11.0. The van der Waals surface area contributed by atoms with Gasteiger partial charge in [0.05, 0.1) is 152 Å². The number of aromatic nitrogens is 4. The van der Waals surface area contributed by atoms with Gasteiger partial charge in [0, 0.05) is 22.3 Å². The second kappa shape index (κ2) is 17.8. The van der Waals surface area contributed by atoms with Gasteiger partial charge < -0.3 is 27.9 Å². The lowest BCUT2D eigenvalue weighted by atomic mass is 9.94. The molecule has 7 aromatic rings. The molecule has 3 aromatic heterocycles. The van der Waals surface area contributed by atoms with E-state index in [0.717, 1.165) is 67.1 Å². The lowest BCUT2D eigenvalue weighted by Gasteiger charge is -2.36. The molecular weight excluding hydrogens is 833 g/mol. The van der Waals surface area contributed by atoms with E-state index in [-0.39, 0.29) is 24.2 Å². The molecule has 9 rings (SSSR count). The number of fused-ring (bicyclic) bond motifs is 8. The summed E-state index contributed by atoms with van der Waals surface area (Å²) in [5, 5.41) is 0. The maximum Gasteiger partial charge on any atom is 0.144 e. The molecular formula is C60H70N8+4. The molecule has 0 amide bonds. The highest BCUT2D eigenvalue weighted by molar-refractivity contribution is 5.85. The van der Waals surface area contributed by atoms with Crippen LogP contribution in [-0.2, 0) is 0 Å². The molecule has 0 spiro atoms. The van der Waals surface area contributed by atoms with E-state index < -0.39 is 0 Å². The third kappa shape index (κ3) is 9.05. The minimum Gasteiger partial charge on any atom is -0.355 e. The molecule has 8 bridgehead atoms. The summed E-state index contributed by atoms with van der Waals surface area (Å²) in [5.74, 6) is 0. The number of nitrogens with one attached hydrogen (secondary N) is 2. The number of benzene rings is 4. The highest BCUT2D eigenvalue weighted by Crippen LogP contribution is 2.43. The van der Waals surface area contributed by atoms with E-state index >= 15 is 0 Å². The van der Waals surface area contributed by atoms with Gasteiger partial charge in [0.2, 0.25) is 0 Å². The zero-order valence-corrected chi connectivity index (χ0v) is 42.2. The number of hydrogen-bond donors (Lipinski definition) is 2. The molecule has 2 aliphatic heterocycles. The topological polar surface area (TPSA) is 57.4 Å². The number of H-pyrrole nitrogens is 2. The lowest BCUT2D eigenvalue weighted by Crippen LogP contribution is -2.40. The van der Waals surface area contributed by atoms with Crippen LogP contribution in [0.15, 0.2) is 146 Å². The van der Waals surface area contributed by atoms with Gasteiger partial charge in [0.25, 0.3) is 0 Å². The summed E-state index contributed by atoms with van der Waals surface area (Å²) in [6.45, 7) is 0. The van der Waals surface area contributed by atoms with Crippen LogP contribution in [0.25, 0.3) is 46.4 Å². The standard InChI is InChI=1S/C60H70N8/c1-65(2,3)57(41-25-17-13-18-26-41)53-45-33-35-47(61-45)54(58(66(4,5)6)42-27-19-14-20-28-42)49-37-39-51(63-49)56(60(68(10,11)12)44-31-23-16-24-32-44)52-40-38-50(64-52)55(48-36-34-46(53)62-48)59(67(7,8)9)43-29-21-15-22-30-43/h13-40,57-61,64H,1-12H3/q+4. The summed E-state index contributed by atoms with van der Waals surface area (Å²) >= 11 is 0. The molecule has 68 heavy (non-hydrogen) atoms. The van der Waals surface area contributed by atoms with Crippen LogP contribution in [0.5, 0.6) is 0 Å². The van der Waals surface area contributed by atoms with Crippen molar-refractivity contribution in [3.05, 3.63) is 213 Å². The zero-order chi connectivity index (χ0) is 48.2. The van der Waals surface area contributed by atoms with Gasteiger partial charge in [-0.05, 0) is 48.6 Å². The Labute approximate surface area is 404 Å². The summed E-state index contributed by atoms with van der Waals surface area (Å²) in [6.07, 6.45) is 9.02. The van der Waals surface area contributed by atoms with E-state index in [1.807, 2.05) is 0 Å². The highest BCUT2D eigenvalue weighted by atomic mass is 15.3. The van der Waals surface area contributed by atoms with E-state index in [9.17, 15) is 0 Å². The Balaban J connectivity index is 1.53. The monoisotopic (exact) mass is 903 g/mol. The fourth-order valence-corrected chi connectivity index (χ4v) is 11.0. The molecule has 4 unspecified atom stereocenters. The molecule has 0 saturated carbocycles. The van der Waals surface area contributed by atoms with Crippen LogP contribution < -0.4 is 0 Å². The van der Waals surface area contributed by atoms with Crippen molar-refractivity contribution in [1.82, 2.24) is 19.9 Å². The molecule has 0 fully saturated rings. The predicted molar refractivity (Wildman–Crippen MR) is 284 cm³/mol. The molecule has 5 heterocycles. The van der Waals surface area contributed by atoms with Gasteiger partial charge in [-0.15, -0.1) is 0 Å². The van der Waals surface area contributed by atoms with Gasteiger partial charge >= 0.3 is 0 Å². The second-order valence-electron chi connectivity index (χ2n) is 22.4. The van der Waals surface area contributed by atoms with Crippen LogP contribution in [0.1, 0.15) is 91.5 Å². The Morgan fingerprint density at radius 1 is 0.279 bits per heavy atom. The Kier molecular flexibility index (Phi) is 12.1. The van der Waals surface area contributed by atoms with Crippen LogP contribution >= 0.6 is 0 Å². The van der Waals surface area contributed by atoms with E-state index in [4.69, 9.17) is 9.97 Å². The van der Waals surface area contributed by atoms with Crippen LogP contribution in [0, 0.1) is 0 Å². The van der Waals surface area contributed by atoms with Crippen molar-refractivity contribution in [3.63, 3.8) is 0 Å². The van der Waals surface area contributed by atoms with E-state index in [0.29, 0.717) is 17.9 Å². The lowest BCUT2D eigenvalue weighted by molar-refractivity contribution is -0.895. The predicted octanol–water partition coefficient (Wildman–Crippen LogP) is 11.8. The minimum absolute atomic E-state index is 0.0637. The van der Waals surface area contributed by atoms with Crippen LogP contribution in [-0.4, -0.2) is 122 Å². The average molecular weight is 903 g/mol. The van der Waals surface area contributed by atoms with Gasteiger partial charge in [-0.3, -0.25) is 0 Å². The molecule has 0 radical (unpaired) electrons. The van der Waals surface area contributed by atoms with Crippen LogP contribution in [0.4, 0.5) is 0 Å². The number of nitrogens with zero attached hydrogens (tertiary/aromatic N) is 6. The maximum absolute atomic E-state index is 5.82. The molecule has 8 heteroatoms. The van der Waals surface area contributed by atoms with Crippen molar-refractivity contribution in [2.24, 2.45) is 0 Å². The molecule has 4 atom stereocenters. The fraction of sp³-hybridized carbons (Fsp3) is 0.267. The zero-order valence-electron chi connectivity index (χ0n) is 42.2. The van der Waals surface area contributed by atoms with Crippen molar-refractivity contribution in [3.8, 4) is 0 Å². The third-order valence-corrected chi connectivity index (χ3v) is 13.6. The van der Waals surface area contributed by atoms with E-state index in [2.05, 4.69) is 264 Å². The largest absolute Gasteiger partial charge is 0.355 e. The van der Waals surface area contributed by atoms with Crippen molar-refractivity contribution >= 4 is 46.4 Å². The van der Waals surface area contributed by atoms with Crippen LogP contribution in [0.2, 0.25) is 0 Å². The number of rotatable bonds is 12. The van der Waals surface area contributed by atoms with Crippen molar-refractivity contribution in [1.29, 1.82) is 0 Å². The van der Waals surface area contributed by atoms with Gasteiger partial charge in [0.1, 0.15) is 24.2 Å². The van der Waals surface area contributed by atoms with Crippen molar-refractivity contribution in [2.75, 3.05) is 84.6 Å². The van der Waals surface area contributed by atoms with Gasteiger partial charge in [-0.25, -0.2) is 9.97 Å². The summed E-state index contributed by atoms with van der Waals surface area (Å²) in [5.41, 5.74) is 17.4. The first kappa shape index (κ1) is 46.4. The quantitative estimate of drug-likeness (QED) is 0.120. The smallest absolute Gasteiger partial charge is 0.144 e. The van der Waals surface area contributed by atoms with Gasteiger partial charge in [-0.1, -0.05) is 121 Å². The number of quaternary nitrogens is 4. The Morgan fingerprint density at radius 2 is 0.471 bits per heavy atom. The number of aromatic amines is 2. The Hall–Kier alpha value is -6.68. The Morgan fingerprint density at radius 3 is 0.647 bits per heavy atom. The average Bonchev–Trinajstić information content (AvgIpc) is 4.14. The Bertz CT molecular complexity index is 2730. The molecule has 4 aromatic carbocycles. The third-order valence-electron chi connectivity index (χ3n) is 13.6. The van der Waals surface area contributed by atoms with Crippen LogP contribution in [0.3, 0.4) is 0 Å². The first-order chi connectivity index (χ1) is 32.3. The van der Waals surface area contributed by atoms with E-state index in [1.54, 1.807) is 0 Å². The van der Waals surface area contributed by atoms with Gasteiger partial charge in [-0.2, -0.15) is 0 Å². The first-order valence-electron chi connectivity index (χ1n) is 23.9. The molecule has 0 aliphatic carbocycles. The summed E-state index contributed by atoms with van der Waals surface area (Å²) in [7, 11) is 27.5. The second-order valence-corrected chi connectivity index (χ2v) is 22.4. The molecule has 0 saturated heterocycles. The van der Waals surface area contributed by atoms with E-state index in [1.165, 1.54) is 22.3 Å². The molecule has 346 valence electrons. The minimum atomic E-state index is -0.0637. The number of hydrogen-bond acceptors (Lipinski definition) is 2. The maximum atomic E-state index is 5.82. The molecule has 2 N–H and O–H groups in total. The summed E-state index contributed by atoms with van der Waals surface area (Å²) in [6, 6.07) is 52.6. The first-order valence-corrected chi connectivity index (χ1v) is 23.9.